The van der Waals surface area contributed by atoms with E-state index in [9.17, 15) is 0 Å². The fourth-order valence-corrected chi connectivity index (χ4v) is 19.9. The minimum absolute atomic E-state index is 0.901. The zero-order chi connectivity index (χ0) is 83.8. The van der Waals surface area contributed by atoms with Crippen molar-refractivity contribution in [3.63, 3.8) is 0 Å². The van der Waals surface area contributed by atoms with Crippen LogP contribution in [0.5, 0.6) is 0 Å². The summed E-state index contributed by atoms with van der Waals surface area (Å²) in [5, 5.41) is 24.4. The van der Waals surface area contributed by atoms with Crippen LogP contribution in [0, 0.1) is 0 Å². The number of hydrogen-bond donors (Lipinski definition) is 0. The molecule has 0 fully saturated rings. The SMILES string of the molecule is c1ccc(-c2c3ccccc3c(-c3ccc4oc5cc(-c6ccc7ccccc7c6)ccc5c4c3)c3ccccc23)cc1.c1ccc(-c2ccc3c(c2)oc2ccc(-c4c5ccccc5c(-c5ccccc5)c5ccccc45)cc23)cc1.c1ccc(-c2cccc(-c3ccc4c(c3)oc3ccc(-c5c6ccccc6c(-c6ccccc6)c6ccccc56)cc34)c2)cc1. The van der Waals surface area contributed by atoms with Crippen LogP contribution in [-0.2, 0) is 0 Å². The zero-order valence-corrected chi connectivity index (χ0v) is 69.3. The predicted molar refractivity (Wildman–Crippen MR) is 538 cm³/mol. The Morgan fingerprint density at radius 1 is 0.0945 bits per heavy atom. The predicted octanol–water partition coefficient (Wildman–Crippen LogP) is 35.5. The van der Waals surface area contributed by atoms with Gasteiger partial charge in [0.1, 0.15) is 33.5 Å². The molecule has 0 aliphatic heterocycles. The smallest absolute Gasteiger partial charge is 0.136 e. The normalized spacial score (nSPS) is 11.6. The first-order chi connectivity index (χ1) is 63.0. The third-order valence-electron chi connectivity index (χ3n) is 25.8. The molecule has 3 heterocycles. The third kappa shape index (κ3) is 13.1. The molecular formula is C124H78O3. The molecule has 0 saturated heterocycles. The monoisotopic (exact) mass is 1610 g/mol. The van der Waals surface area contributed by atoms with Gasteiger partial charge in [-0.3, -0.25) is 0 Å². The molecule has 0 aliphatic carbocycles. The van der Waals surface area contributed by atoms with E-state index in [1.165, 1.54) is 170 Å². The molecular weight excluding hydrogens is 1540 g/mol. The highest BCUT2D eigenvalue weighted by atomic mass is 16.3. The highest BCUT2D eigenvalue weighted by Gasteiger charge is 2.24. The molecule has 0 spiro atoms. The van der Waals surface area contributed by atoms with Crippen LogP contribution in [0.2, 0.25) is 0 Å². The lowest BCUT2D eigenvalue weighted by molar-refractivity contribution is 0.668. The van der Waals surface area contributed by atoms with Gasteiger partial charge in [-0.15, -0.1) is 0 Å². The van der Waals surface area contributed by atoms with E-state index in [2.05, 4.69) is 467 Å². The Balaban J connectivity index is 0.000000107. The van der Waals surface area contributed by atoms with Gasteiger partial charge in [0.05, 0.1) is 0 Å². The fraction of sp³-hybridized carbons (Fsp3) is 0. The van der Waals surface area contributed by atoms with Gasteiger partial charge in [0.2, 0.25) is 0 Å². The minimum atomic E-state index is 0.901. The Kier molecular flexibility index (Phi) is 18.3. The second kappa shape index (κ2) is 31.3. The van der Waals surface area contributed by atoms with E-state index in [0.717, 1.165) is 82.5 Å². The van der Waals surface area contributed by atoms with Crippen LogP contribution in [0.1, 0.15) is 0 Å². The van der Waals surface area contributed by atoms with Gasteiger partial charge in [-0.25, -0.2) is 0 Å². The molecule has 0 unspecified atom stereocenters. The molecule has 3 aromatic heterocycles. The average molecular weight is 1620 g/mol. The first-order valence-corrected chi connectivity index (χ1v) is 43.6. The summed E-state index contributed by atoms with van der Waals surface area (Å²) < 4.78 is 19.3. The molecule has 0 saturated carbocycles. The number of hydrogen-bond acceptors (Lipinski definition) is 3. The Labute approximate surface area is 733 Å². The van der Waals surface area contributed by atoms with Gasteiger partial charge in [-0.1, -0.05) is 388 Å². The van der Waals surface area contributed by atoms with Crippen molar-refractivity contribution in [3.8, 4) is 111 Å². The number of rotatable bonds is 10. The lowest BCUT2D eigenvalue weighted by atomic mass is 9.86. The minimum Gasteiger partial charge on any atom is -0.456 e. The number of benzene rings is 23. The van der Waals surface area contributed by atoms with E-state index in [4.69, 9.17) is 13.3 Å². The first kappa shape index (κ1) is 74.1. The van der Waals surface area contributed by atoms with Crippen molar-refractivity contribution in [2.24, 2.45) is 0 Å². The maximum absolute atomic E-state index is 6.47. The molecule has 0 aliphatic rings. The summed E-state index contributed by atoms with van der Waals surface area (Å²) in [7, 11) is 0. The summed E-state index contributed by atoms with van der Waals surface area (Å²) in [4.78, 5) is 0. The summed E-state index contributed by atoms with van der Waals surface area (Å²) in [5.41, 5.74) is 29.8. The van der Waals surface area contributed by atoms with Crippen LogP contribution in [0.3, 0.4) is 0 Å². The van der Waals surface area contributed by atoms with Crippen molar-refractivity contribution in [3.05, 3.63) is 473 Å². The second-order valence-electron chi connectivity index (χ2n) is 33.1. The molecule has 0 atom stereocenters. The van der Waals surface area contributed by atoms with Gasteiger partial charge in [-0.05, 0) is 272 Å². The van der Waals surface area contributed by atoms with Gasteiger partial charge in [0.15, 0.2) is 0 Å². The summed E-state index contributed by atoms with van der Waals surface area (Å²) in [6.45, 7) is 0. The first-order valence-electron chi connectivity index (χ1n) is 43.6. The quantitative estimate of drug-likeness (QED) is 0.128. The molecule has 0 amide bonds. The lowest BCUT2D eigenvalue weighted by Gasteiger charge is -2.17. The van der Waals surface area contributed by atoms with Crippen molar-refractivity contribution < 1.29 is 13.3 Å². The Morgan fingerprint density at radius 3 is 0.614 bits per heavy atom. The summed E-state index contributed by atoms with van der Waals surface area (Å²) >= 11 is 0. The van der Waals surface area contributed by atoms with Crippen LogP contribution >= 0.6 is 0 Å². The fourth-order valence-electron chi connectivity index (χ4n) is 19.9. The molecule has 0 radical (unpaired) electrons. The van der Waals surface area contributed by atoms with Gasteiger partial charge in [0.25, 0.3) is 0 Å². The van der Waals surface area contributed by atoms with E-state index in [1.807, 2.05) is 6.07 Å². The van der Waals surface area contributed by atoms with Crippen LogP contribution in [-0.4, -0.2) is 0 Å². The largest absolute Gasteiger partial charge is 0.456 e. The summed E-state index contributed by atoms with van der Waals surface area (Å²) in [6, 6.07) is 170. The molecule has 26 rings (SSSR count). The number of furan rings is 3. The maximum Gasteiger partial charge on any atom is 0.136 e. The second-order valence-corrected chi connectivity index (χ2v) is 33.1. The zero-order valence-electron chi connectivity index (χ0n) is 69.3. The van der Waals surface area contributed by atoms with Crippen LogP contribution in [0.15, 0.2) is 486 Å². The van der Waals surface area contributed by atoms with Gasteiger partial charge in [0, 0.05) is 32.3 Å². The molecule has 0 N–H and O–H groups in total. The van der Waals surface area contributed by atoms with Crippen LogP contribution in [0.4, 0.5) is 0 Å². The third-order valence-corrected chi connectivity index (χ3v) is 25.8. The number of fused-ring (bicyclic) bond motifs is 16. The maximum atomic E-state index is 6.47. The van der Waals surface area contributed by atoms with Crippen molar-refractivity contribution in [1.29, 1.82) is 0 Å². The Hall–Kier alpha value is -16.7. The standard InChI is InChI=1S/C44H28O.C42H26O.C38H24O/c1-3-12-29(13-4-1)31-16-11-17-32(26-31)33-22-24-35-40-27-34(23-25-41(40)45-42(35)28-33)44-38-20-9-7-18-36(38)43(30-14-5-2-6-15-30)37-19-8-10-21-39(37)44;1-2-11-28(12-3-1)41-34-14-6-8-16-36(34)42(37-17-9-7-15-35(37)41)32-21-23-39-38(25-32)33-22-20-31(26-40(33)43-39)30-19-18-27-10-4-5-13-29(27)24-30;1-3-11-25(12-4-1)27-19-21-29-34-23-28(20-22-35(34)39-36(29)24-27)38-32-17-9-7-15-30(32)37(26-13-5-2-6-14-26)31-16-8-10-18-33(31)38/h1-28H;1-26H;1-24H. The molecule has 592 valence electrons. The summed E-state index contributed by atoms with van der Waals surface area (Å²) in [5.74, 6) is 0. The van der Waals surface area contributed by atoms with Crippen molar-refractivity contribution in [1.82, 2.24) is 0 Å². The average Bonchev–Trinajstić information content (AvgIpc) is 1.51. The molecule has 26 aromatic rings. The highest BCUT2D eigenvalue weighted by Crippen LogP contribution is 2.50. The van der Waals surface area contributed by atoms with Crippen molar-refractivity contribution in [2.75, 3.05) is 0 Å². The van der Waals surface area contributed by atoms with Crippen molar-refractivity contribution >= 4 is 141 Å². The van der Waals surface area contributed by atoms with E-state index in [-0.39, 0.29) is 0 Å². The van der Waals surface area contributed by atoms with Gasteiger partial charge < -0.3 is 13.3 Å². The van der Waals surface area contributed by atoms with Crippen molar-refractivity contribution in [2.45, 2.75) is 0 Å². The van der Waals surface area contributed by atoms with Gasteiger partial charge in [-0.2, -0.15) is 0 Å². The van der Waals surface area contributed by atoms with E-state index in [1.54, 1.807) is 0 Å². The Bertz CT molecular complexity index is 8630. The van der Waals surface area contributed by atoms with Gasteiger partial charge >= 0.3 is 0 Å². The molecule has 23 aromatic carbocycles. The highest BCUT2D eigenvalue weighted by molar-refractivity contribution is 6.26. The Morgan fingerprint density at radius 2 is 0.307 bits per heavy atom. The van der Waals surface area contributed by atoms with E-state index < -0.39 is 0 Å². The van der Waals surface area contributed by atoms with Crippen LogP contribution in [0.25, 0.3) is 252 Å². The molecule has 3 heteroatoms. The molecule has 0 bridgehead atoms. The van der Waals surface area contributed by atoms with E-state index >= 15 is 0 Å². The molecule has 3 nitrogen and oxygen atoms in total. The van der Waals surface area contributed by atoms with Crippen LogP contribution < -0.4 is 0 Å². The molecule has 127 heavy (non-hydrogen) atoms. The lowest BCUT2D eigenvalue weighted by Crippen LogP contribution is -1.90. The topological polar surface area (TPSA) is 39.4 Å². The van der Waals surface area contributed by atoms with E-state index in [0.29, 0.717) is 0 Å². The summed E-state index contributed by atoms with van der Waals surface area (Å²) in [6.07, 6.45) is 0.